The minimum Gasteiger partial charge on any atom is -0.478 e. The van der Waals surface area contributed by atoms with Crippen LogP contribution in [0.2, 0.25) is 0 Å². The van der Waals surface area contributed by atoms with Crippen LogP contribution in [0.1, 0.15) is 21.5 Å². The van der Waals surface area contributed by atoms with Crippen molar-refractivity contribution in [3.05, 3.63) is 65.2 Å². The fraction of sp³-hybridized carbons (Fsp3) is 0.133. The van der Waals surface area contributed by atoms with Crippen molar-refractivity contribution in [2.24, 2.45) is 0 Å². The predicted octanol–water partition coefficient (Wildman–Crippen LogP) is 2.08. The second kappa shape index (κ2) is 5.97. The number of carbonyl (C=O) groups is 1. The average molecular weight is 305 g/mol. The molecule has 0 aliphatic rings. The van der Waals surface area contributed by atoms with Gasteiger partial charge in [0, 0.05) is 5.69 Å². The molecule has 0 unspecified atom stereocenters. The van der Waals surface area contributed by atoms with Gasteiger partial charge in [-0.1, -0.05) is 24.3 Å². The van der Waals surface area contributed by atoms with Crippen molar-refractivity contribution in [1.82, 2.24) is 0 Å². The van der Waals surface area contributed by atoms with Gasteiger partial charge in [0.15, 0.2) is 9.84 Å². The summed E-state index contributed by atoms with van der Waals surface area (Å²) in [5.41, 5.74) is 7.32. The SMILES string of the molecule is Nc1ccc(CS(=O)(=O)Cc2cccc(C(=O)O)c2)cc1. The van der Waals surface area contributed by atoms with Gasteiger partial charge in [0.05, 0.1) is 17.1 Å². The molecule has 5 nitrogen and oxygen atoms in total. The van der Waals surface area contributed by atoms with E-state index in [9.17, 15) is 13.2 Å². The highest BCUT2D eigenvalue weighted by molar-refractivity contribution is 7.89. The van der Waals surface area contributed by atoms with Crippen LogP contribution in [0, 0.1) is 0 Å². The van der Waals surface area contributed by atoms with E-state index in [-0.39, 0.29) is 17.1 Å². The van der Waals surface area contributed by atoms with Gasteiger partial charge in [0.2, 0.25) is 0 Å². The maximum absolute atomic E-state index is 12.2. The molecular weight excluding hydrogens is 290 g/mol. The Hall–Kier alpha value is -2.34. The molecule has 0 radical (unpaired) electrons. The Morgan fingerprint density at radius 1 is 1.00 bits per heavy atom. The van der Waals surface area contributed by atoms with Crippen molar-refractivity contribution in [3.63, 3.8) is 0 Å². The van der Waals surface area contributed by atoms with Crippen LogP contribution in [0.4, 0.5) is 5.69 Å². The molecule has 3 N–H and O–H groups in total. The van der Waals surface area contributed by atoms with Gasteiger partial charge in [-0.2, -0.15) is 0 Å². The van der Waals surface area contributed by atoms with Crippen LogP contribution >= 0.6 is 0 Å². The zero-order chi connectivity index (χ0) is 15.5. The molecule has 2 aromatic carbocycles. The van der Waals surface area contributed by atoms with Crippen LogP contribution in [-0.2, 0) is 21.3 Å². The Morgan fingerprint density at radius 3 is 2.24 bits per heavy atom. The number of nitrogen functional groups attached to an aromatic ring is 1. The summed E-state index contributed by atoms with van der Waals surface area (Å²) in [6, 6.07) is 12.6. The Morgan fingerprint density at radius 2 is 1.62 bits per heavy atom. The molecule has 0 saturated heterocycles. The second-order valence-electron chi connectivity index (χ2n) is 4.78. The van der Waals surface area contributed by atoms with Crippen LogP contribution in [0.25, 0.3) is 0 Å². The monoisotopic (exact) mass is 305 g/mol. The van der Waals surface area contributed by atoms with Crippen molar-refractivity contribution in [1.29, 1.82) is 0 Å². The zero-order valence-electron chi connectivity index (χ0n) is 11.2. The highest BCUT2D eigenvalue weighted by Gasteiger charge is 2.14. The van der Waals surface area contributed by atoms with Gasteiger partial charge >= 0.3 is 5.97 Å². The minimum atomic E-state index is -3.38. The van der Waals surface area contributed by atoms with Crippen molar-refractivity contribution in [2.75, 3.05) is 5.73 Å². The van der Waals surface area contributed by atoms with E-state index < -0.39 is 15.8 Å². The quantitative estimate of drug-likeness (QED) is 0.824. The summed E-state index contributed by atoms with van der Waals surface area (Å²) in [4.78, 5) is 10.9. The van der Waals surface area contributed by atoms with E-state index in [0.29, 0.717) is 16.8 Å². The molecule has 0 aromatic heterocycles. The molecule has 2 rings (SSSR count). The first-order valence-corrected chi connectivity index (χ1v) is 8.05. The molecule has 0 heterocycles. The third-order valence-electron chi connectivity index (χ3n) is 2.93. The number of aromatic carboxylic acids is 1. The highest BCUT2D eigenvalue weighted by Crippen LogP contribution is 2.15. The third kappa shape index (κ3) is 4.32. The van der Waals surface area contributed by atoms with Crippen LogP contribution in [0.5, 0.6) is 0 Å². The number of rotatable bonds is 5. The van der Waals surface area contributed by atoms with Crippen molar-refractivity contribution >= 4 is 21.5 Å². The standard InChI is InChI=1S/C15H15NO4S/c16-14-6-4-11(5-7-14)9-21(19,20)10-12-2-1-3-13(8-12)15(17)18/h1-8H,9-10,16H2,(H,17,18). The number of hydrogen-bond acceptors (Lipinski definition) is 4. The minimum absolute atomic E-state index is 0.0789. The van der Waals surface area contributed by atoms with Crippen LogP contribution in [-0.4, -0.2) is 19.5 Å². The fourth-order valence-electron chi connectivity index (χ4n) is 1.97. The zero-order valence-corrected chi connectivity index (χ0v) is 12.0. The van der Waals surface area contributed by atoms with Gasteiger partial charge in [-0.25, -0.2) is 13.2 Å². The molecule has 0 aliphatic heterocycles. The number of sulfone groups is 1. The molecular formula is C15H15NO4S. The van der Waals surface area contributed by atoms with Gasteiger partial charge in [0.25, 0.3) is 0 Å². The summed E-state index contributed by atoms with van der Waals surface area (Å²) in [7, 11) is -3.38. The maximum atomic E-state index is 12.2. The molecule has 110 valence electrons. The van der Waals surface area contributed by atoms with E-state index in [4.69, 9.17) is 10.8 Å². The fourth-order valence-corrected chi connectivity index (χ4v) is 3.46. The number of anilines is 1. The average Bonchev–Trinajstić information content (AvgIpc) is 2.41. The Kier molecular flexibility index (Phi) is 4.28. The first kappa shape index (κ1) is 15.1. The normalized spacial score (nSPS) is 11.2. The van der Waals surface area contributed by atoms with Gasteiger partial charge < -0.3 is 10.8 Å². The first-order valence-electron chi connectivity index (χ1n) is 6.23. The molecule has 0 saturated carbocycles. The number of hydrogen-bond donors (Lipinski definition) is 2. The smallest absolute Gasteiger partial charge is 0.335 e. The molecule has 0 aliphatic carbocycles. The summed E-state index contributed by atoms with van der Waals surface area (Å²) in [6.07, 6.45) is 0. The van der Waals surface area contributed by atoms with E-state index in [1.54, 1.807) is 30.3 Å². The maximum Gasteiger partial charge on any atom is 0.335 e. The van der Waals surface area contributed by atoms with Crippen molar-refractivity contribution in [2.45, 2.75) is 11.5 Å². The van der Waals surface area contributed by atoms with Gasteiger partial charge in [-0.05, 0) is 35.4 Å². The summed E-state index contributed by atoms with van der Waals surface area (Å²) in [6.45, 7) is 0. The lowest BCUT2D eigenvalue weighted by atomic mass is 10.1. The lowest BCUT2D eigenvalue weighted by Crippen LogP contribution is -2.08. The van der Waals surface area contributed by atoms with Gasteiger partial charge in [-0.15, -0.1) is 0 Å². The molecule has 0 amide bonds. The van der Waals surface area contributed by atoms with E-state index in [2.05, 4.69) is 0 Å². The van der Waals surface area contributed by atoms with Crippen molar-refractivity contribution < 1.29 is 18.3 Å². The summed E-state index contributed by atoms with van der Waals surface area (Å²) >= 11 is 0. The molecule has 0 bridgehead atoms. The van der Waals surface area contributed by atoms with Crippen LogP contribution < -0.4 is 5.73 Å². The number of benzene rings is 2. The van der Waals surface area contributed by atoms with E-state index in [1.165, 1.54) is 18.2 Å². The molecule has 21 heavy (non-hydrogen) atoms. The summed E-state index contributed by atoms with van der Waals surface area (Å²) < 4.78 is 24.3. The van der Waals surface area contributed by atoms with Crippen molar-refractivity contribution in [3.8, 4) is 0 Å². The summed E-state index contributed by atoms with van der Waals surface area (Å²) in [5.74, 6) is -1.38. The predicted molar refractivity (Wildman–Crippen MR) is 80.6 cm³/mol. The molecule has 2 aromatic rings. The Bertz CT molecular complexity index is 751. The van der Waals surface area contributed by atoms with Crippen LogP contribution in [0.15, 0.2) is 48.5 Å². The van der Waals surface area contributed by atoms with Gasteiger partial charge in [-0.3, -0.25) is 0 Å². The van der Waals surface area contributed by atoms with E-state index in [1.807, 2.05) is 0 Å². The lowest BCUT2D eigenvalue weighted by Gasteiger charge is -2.06. The lowest BCUT2D eigenvalue weighted by molar-refractivity contribution is 0.0696. The topological polar surface area (TPSA) is 97.5 Å². The molecule has 0 fully saturated rings. The number of carboxylic acids is 1. The molecule has 0 spiro atoms. The van der Waals surface area contributed by atoms with E-state index >= 15 is 0 Å². The van der Waals surface area contributed by atoms with Crippen LogP contribution in [0.3, 0.4) is 0 Å². The molecule has 6 heteroatoms. The third-order valence-corrected chi connectivity index (χ3v) is 4.47. The van der Waals surface area contributed by atoms with Gasteiger partial charge in [0.1, 0.15) is 0 Å². The largest absolute Gasteiger partial charge is 0.478 e. The first-order chi connectivity index (χ1) is 9.85. The highest BCUT2D eigenvalue weighted by atomic mass is 32.2. The second-order valence-corrected chi connectivity index (χ2v) is 6.84. The number of nitrogens with two attached hydrogens (primary N) is 1. The van der Waals surface area contributed by atoms with E-state index in [0.717, 1.165) is 0 Å². The Balaban J connectivity index is 2.15. The molecule has 0 atom stereocenters. The Labute approximate surface area is 123 Å². The summed E-state index contributed by atoms with van der Waals surface area (Å²) in [5, 5.41) is 8.91. The number of carboxylic acid groups (broad SMARTS) is 1.